The van der Waals surface area contributed by atoms with Crippen LogP contribution in [0.15, 0.2) is 146 Å². The monoisotopic (exact) mass is 1100 g/mol. The highest BCUT2D eigenvalue weighted by atomic mass is 31.2. The Balaban J connectivity index is 4.15. The quantitative estimate of drug-likeness (QED) is 0.0211. The molecule has 0 aliphatic rings. The van der Waals surface area contributed by atoms with Crippen LogP contribution in [0.2, 0.25) is 0 Å². The van der Waals surface area contributed by atoms with Gasteiger partial charge in [0.2, 0.25) is 0 Å². The highest BCUT2D eigenvalue weighted by molar-refractivity contribution is 7.47. The molecule has 0 fully saturated rings. The molecule has 0 aromatic heterocycles. The van der Waals surface area contributed by atoms with Crippen LogP contribution in [0.4, 0.5) is 0 Å². The number of phosphoric acid groups is 1. The van der Waals surface area contributed by atoms with Gasteiger partial charge in [0, 0.05) is 12.8 Å². The first-order chi connectivity index (χ1) is 38.0. The van der Waals surface area contributed by atoms with Gasteiger partial charge in [0.05, 0.1) is 27.7 Å². The molecule has 0 rings (SSSR count). The zero-order valence-corrected chi connectivity index (χ0v) is 51.0. The van der Waals surface area contributed by atoms with Gasteiger partial charge >= 0.3 is 19.8 Å². The van der Waals surface area contributed by atoms with Crippen LogP contribution in [0, 0.1) is 0 Å². The third-order valence-electron chi connectivity index (χ3n) is 12.4. The van der Waals surface area contributed by atoms with Crippen LogP contribution in [0.1, 0.15) is 219 Å². The highest BCUT2D eigenvalue weighted by Gasteiger charge is 2.27. The maximum atomic E-state index is 12.8. The minimum atomic E-state index is -4.40. The second-order valence-electron chi connectivity index (χ2n) is 21.0. The molecule has 78 heavy (non-hydrogen) atoms. The molecule has 0 saturated carbocycles. The van der Waals surface area contributed by atoms with Crippen molar-refractivity contribution in [3.05, 3.63) is 146 Å². The van der Waals surface area contributed by atoms with Gasteiger partial charge in [-0.3, -0.25) is 18.6 Å². The van der Waals surface area contributed by atoms with Crippen LogP contribution in [0.25, 0.3) is 0 Å². The van der Waals surface area contributed by atoms with E-state index < -0.39 is 26.5 Å². The van der Waals surface area contributed by atoms with Gasteiger partial charge in [-0.2, -0.15) is 0 Å². The van der Waals surface area contributed by atoms with E-state index in [2.05, 4.69) is 160 Å². The summed E-state index contributed by atoms with van der Waals surface area (Å²) < 4.78 is 34.6. The number of unbranched alkanes of at least 4 members (excludes halogenated alkanes) is 16. The zero-order valence-electron chi connectivity index (χ0n) is 50.1. The lowest BCUT2D eigenvalue weighted by Gasteiger charge is -2.24. The maximum Gasteiger partial charge on any atom is 0.472 e. The average Bonchev–Trinajstić information content (AvgIpc) is 3.41. The fourth-order valence-corrected chi connectivity index (χ4v) is 8.47. The van der Waals surface area contributed by atoms with Gasteiger partial charge in [-0.15, -0.1) is 0 Å². The molecule has 0 heterocycles. The van der Waals surface area contributed by atoms with Crippen LogP contribution < -0.4 is 0 Å². The lowest BCUT2D eigenvalue weighted by Crippen LogP contribution is -2.37. The van der Waals surface area contributed by atoms with Crippen LogP contribution in [0.3, 0.4) is 0 Å². The van der Waals surface area contributed by atoms with Crippen LogP contribution in [0.5, 0.6) is 0 Å². The van der Waals surface area contributed by atoms with Gasteiger partial charge in [-0.1, -0.05) is 237 Å². The van der Waals surface area contributed by atoms with Crippen LogP contribution in [-0.4, -0.2) is 74.9 Å². The number of carbonyl (C=O) groups is 2. The standard InChI is InChI=1S/C68H112NO8P/c1-6-8-10-12-14-16-18-20-22-24-25-26-27-28-29-30-31-32-33-34-35-36-37-38-39-40-41-42-43-45-47-49-51-53-55-57-59-61-68(71)77-66(65-76-78(72,73)75-63-62-69(3,4)5)64-74-67(70)60-58-56-54-52-50-48-46-44-23-21-19-17-15-13-11-9-7-2/h8-11,14-17,20-23,25-26,28-29,31-32,34-35,37-38,40-41,66H,6-7,12-13,18-19,24,27,30,33,36,39,42-65H2,1-5H3/p+1/b10-8-,11-9-,16-14-,17-15-,22-20-,23-21-,26-25-,29-28-,32-31-,35-34-,38-37-,41-40-. The van der Waals surface area contributed by atoms with Crippen molar-refractivity contribution >= 4 is 19.8 Å². The minimum Gasteiger partial charge on any atom is -0.462 e. The first-order valence-corrected chi connectivity index (χ1v) is 32.1. The number of ether oxygens (including phenoxy) is 2. The summed E-state index contributed by atoms with van der Waals surface area (Å²) in [6, 6.07) is 0. The topological polar surface area (TPSA) is 108 Å². The number of carbonyl (C=O) groups excluding carboxylic acids is 2. The van der Waals surface area contributed by atoms with Crippen molar-refractivity contribution in [2.45, 2.75) is 225 Å². The largest absolute Gasteiger partial charge is 0.472 e. The zero-order chi connectivity index (χ0) is 57.0. The fourth-order valence-electron chi connectivity index (χ4n) is 7.73. The summed E-state index contributed by atoms with van der Waals surface area (Å²) in [4.78, 5) is 35.7. The lowest BCUT2D eigenvalue weighted by molar-refractivity contribution is -0.870. The first-order valence-electron chi connectivity index (χ1n) is 30.6. The normalized spacial score (nSPS) is 14.3. The van der Waals surface area contributed by atoms with Crippen LogP contribution >= 0.6 is 7.82 Å². The number of allylic oxidation sites excluding steroid dienone is 24. The number of likely N-dealkylation sites (N-methyl/N-ethyl adjacent to an activating group) is 1. The Hall–Kier alpha value is -4.11. The number of phosphoric ester groups is 1. The number of quaternary nitrogens is 1. The summed E-state index contributed by atoms with van der Waals surface area (Å²) >= 11 is 0. The van der Waals surface area contributed by atoms with E-state index in [1.165, 1.54) is 51.4 Å². The Bertz CT molecular complexity index is 1820. The molecule has 9 nitrogen and oxygen atoms in total. The number of rotatable bonds is 54. The number of hydrogen-bond donors (Lipinski definition) is 1. The molecule has 0 aromatic rings. The molecule has 442 valence electrons. The molecule has 2 atom stereocenters. The Morgan fingerprint density at radius 3 is 1.03 bits per heavy atom. The summed E-state index contributed by atoms with van der Waals surface area (Å²) in [5, 5.41) is 0. The lowest BCUT2D eigenvalue weighted by atomic mass is 10.1. The molecule has 0 bridgehead atoms. The van der Waals surface area contributed by atoms with Gasteiger partial charge in [-0.25, -0.2) is 4.57 Å². The van der Waals surface area contributed by atoms with Crippen molar-refractivity contribution in [1.29, 1.82) is 0 Å². The van der Waals surface area contributed by atoms with Crippen molar-refractivity contribution in [2.24, 2.45) is 0 Å². The number of hydrogen-bond acceptors (Lipinski definition) is 7. The first kappa shape index (κ1) is 73.9. The van der Waals surface area contributed by atoms with E-state index >= 15 is 0 Å². The van der Waals surface area contributed by atoms with Gasteiger partial charge < -0.3 is 18.9 Å². The molecule has 0 radical (unpaired) electrons. The Morgan fingerprint density at radius 2 is 0.692 bits per heavy atom. The predicted octanol–water partition coefficient (Wildman–Crippen LogP) is 19.5. The molecule has 0 saturated heterocycles. The molecule has 0 aromatic carbocycles. The molecule has 0 amide bonds. The van der Waals surface area contributed by atoms with Gasteiger partial charge in [0.25, 0.3) is 0 Å². The molecule has 0 aliphatic carbocycles. The van der Waals surface area contributed by atoms with Gasteiger partial charge in [0.15, 0.2) is 6.10 Å². The SMILES string of the molecule is CC/C=C\C/C=C\C/C=C\C/C=C\C/C=C\C/C=C\C/C=C\C/C=C\C/C=C\CCCCCCCCCCCC(=O)OC(COC(=O)CCCCCCCCC/C=C\C/C=C\C/C=C\CC)COP(=O)(O)OCC[N+](C)(C)C. The van der Waals surface area contributed by atoms with Crippen molar-refractivity contribution in [3.8, 4) is 0 Å². The number of esters is 2. The third kappa shape index (κ3) is 61.1. The average molecular weight is 1100 g/mol. The van der Waals surface area contributed by atoms with Crippen molar-refractivity contribution in [3.63, 3.8) is 0 Å². The van der Waals surface area contributed by atoms with Gasteiger partial charge in [-0.05, 0) is 116 Å². The van der Waals surface area contributed by atoms with E-state index in [9.17, 15) is 19.0 Å². The van der Waals surface area contributed by atoms with Crippen LogP contribution in [-0.2, 0) is 32.7 Å². The van der Waals surface area contributed by atoms with Gasteiger partial charge in [0.1, 0.15) is 19.8 Å². The fraction of sp³-hybridized carbons (Fsp3) is 0.618. The van der Waals surface area contributed by atoms with E-state index in [1.54, 1.807) is 0 Å². The summed E-state index contributed by atoms with van der Waals surface area (Å²) in [6.45, 7) is 4.17. The summed E-state index contributed by atoms with van der Waals surface area (Å²) in [6.07, 6.45) is 84.9. The van der Waals surface area contributed by atoms with E-state index in [0.29, 0.717) is 17.4 Å². The highest BCUT2D eigenvalue weighted by Crippen LogP contribution is 2.43. The molecule has 2 unspecified atom stereocenters. The molecular formula is C68H113NO8P+. The van der Waals surface area contributed by atoms with E-state index in [-0.39, 0.29) is 32.0 Å². The second kappa shape index (κ2) is 57.6. The Labute approximate surface area is 478 Å². The predicted molar refractivity (Wildman–Crippen MR) is 334 cm³/mol. The van der Waals surface area contributed by atoms with Crippen molar-refractivity contribution in [1.82, 2.24) is 0 Å². The summed E-state index contributed by atoms with van der Waals surface area (Å²) in [5.74, 6) is -0.825. The molecule has 0 aliphatic heterocycles. The smallest absolute Gasteiger partial charge is 0.462 e. The Morgan fingerprint density at radius 1 is 0.397 bits per heavy atom. The Kier molecular flexibility index (Phi) is 54.5. The third-order valence-corrected chi connectivity index (χ3v) is 13.3. The molecule has 10 heteroatoms. The van der Waals surface area contributed by atoms with E-state index in [1.807, 2.05) is 21.1 Å². The summed E-state index contributed by atoms with van der Waals surface area (Å²) in [7, 11) is 1.45. The van der Waals surface area contributed by atoms with Crippen molar-refractivity contribution < 1.29 is 42.1 Å². The summed E-state index contributed by atoms with van der Waals surface area (Å²) in [5.41, 5.74) is 0. The molecule has 0 spiro atoms. The maximum absolute atomic E-state index is 12.8. The molecule has 1 N–H and O–H groups in total. The van der Waals surface area contributed by atoms with Crippen molar-refractivity contribution in [2.75, 3.05) is 47.5 Å². The second-order valence-corrected chi connectivity index (χ2v) is 22.4. The molecular weight excluding hydrogens is 990 g/mol. The minimum absolute atomic E-state index is 0.0211. The van der Waals surface area contributed by atoms with E-state index in [4.69, 9.17) is 18.5 Å². The number of nitrogens with zero attached hydrogens (tertiary/aromatic N) is 1. The van der Waals surface area contributed by atoms with E-state index in [0.717, 1.165) is 135 Å².